The van der Waals surface area contributed by atoms with Crippen LogP contribution in [0.15, 0.2) is 24.3 Å². The van der Waals surface area contributed by atoms with Gasteiger partial charge in [0.2, 0.25) is 0 Å². The number of Topliss-reactive ketones (excluding diaryl/α,β-unsaturated/α-hetero) is 1. The second-order valence-electron chi connectivity index (χ2n) is 6.22. The Labute approximate surface area is 119 Å². The number of carbonyl (C=O) groups excluding carboxylic acids is 1. The molecule has 2 aromatic rings. The standard InChI is InChI=1S/C17H20N2O/c1-3-10-11-8-9-19(2)16(10)14-12-6-4-5-7-13(12)18-15(14)17(11)20/h4-7,10-11,16,18H,3,8-9H2,1-2H3/t10-,11-,16+/m0/s1. The molecule has 4 rings (SSSR count). The van der Waals surface area contributed by atoms with E-state index in [-0.39, 0.29) is 5.92 Å². The van der Waals surface area contributed by atoms with Gasteiger partial charge in [0.25, 0.3) is 0 Å². The van der Waals surface area contributed by atoms with E-state index in [1.807, 2.05) is 6.07 Å². The molecule has 1 aromatic carbocycles. The summed E-state index contributed by atoms with van der Waals surface area (Å²) in [5.74, 6) is 1.02. The molecule has 0 amide bonds. The molecule has 2 aliphatic rings. The number of para-hydroxylation sites is 1. The first-order valence-corrected chi connectivity index (χ1v) is 7.57. The number of fused-ring (bicyclic) bond motifs is 6. The fourth-order valence-corrected chi connectivity index (χ4v) is 4.36. The van der Waals surface area contributed by atoms with Crippen LogP contribution < -0.4 is 0 Å². The van der Waals surface area contributed by atoms with Crippen molar-refractivity contribution in [3.05, 3.63) is 35.5 Å². The SMILES string of the molecule is CC[C@H]1[C@@H]2CCN(C)[C@H]1c1c([nH]c3ccccc13)C2=O. The molecule has 0 spiro atoms. The largest absolute Gasteiger partial charge is 0.352 e. The van der Waals surface area contributed by atoms with Crippen molar-refractivity contribution in [3.8, 4) is 0 Å². The zero-order chi connectivity index (χ0) is 13.9. The Morgan fingerprint density at radius 2 is 2.15 bits per heavy atom. The lowest BCUT2D eigenvalue weighted by Gasteiger charge is -2.46. The van der Waals surface area contributed by atoms with E-state index >= 15 is 0 Å². The molecule has 1 saturated heterocycles. The highest BCUT2D eigenvalue weighted by atomic mass is 16.1. The third kappa shape index (κ3) is 1.41. The minimum absolute atomic E-state index is 0.210. The average Bonchev–Trinajstić information content (AvgIpc) is 2.85. The Balaban J connectivity index is 2.03. The Morgan fingerprint density at radius 3 is 2.95 bits per heavy atom. The monoisotopic (exact) mass is 268 g/mol. The summed E-state index contributed by atoms with van der Waals surface area (Å²) in [6.45, 7) is 3.24. The first-order valence-electron chi connectivity index (χ1n) is 7.57. The van der Waals surface area contributed by atoms with Crippen molar-refractivity contribution in [1.29, 1.82) is 0 Å². The van der Waals surface area contributed by atoms with Crippen molar-refractivity contribution in [3.63, 3.8) is 0 Å². The van der Waals surface area contributed by atoms with Crippen LogP contribution in [-0.2, 0) is 0 Å². The molecule has 1 aromatic heterocycles. The summed E-state index contributed by atoms with van der Waals surface area (Å²) in [6.07, 6.45) is 2.07. The highest BCUT2D eigenvalue weighted by Crippen LogP contribution is 2.49. The number of rotatable bonds is 1. The van der Waals surface area contributed by atoms with Crippen molar-refractivity contribution in [2.75, 3.05) is 13.6 Å². The highest BCUT2D eigenvalue weighted by Gasteiger charge is 2.47. The van der Waals surface area contributed by atoms with Gasteiger partial charge in [0.05, 0.1) is 5.69 Å². The average molecular weight is 268 g/mol. The van der Waals surface area contributed by atoms with Gasteiger partial charge in [0, 0.05) is 28.4 Å². The number of ketones is 1. The third-order valence-corrected chi connectivity index (χ3v) is 5.29. The van der Waals surface area contributed by atoms with Gasteiger partial charge in [0.15, 0.2) is 5.78 Å². The van der Waals surface area contributed by atoms with Gasteiger partial charge in [-0.2, -0.15) is 0 Å². The number of carbonyl (C=O) groups is 1. The van der Waals surface area contributed by atoms with E-state index in [1.165, 1.54) is 10.9 Å². The minimum atomic E-state index is 0.210. The molecule has 1 aliphatic carbocycles. The van der Waals surface area contributed by atoms with Crippen molar-refractivity contribution in [2.45, 2.75) is 25.8 Å². The lowest BCUT2D eigenvalue weighted by atomic mass is 9.68. The van der Waals surface area contributed by atoms with Gasteiger partial charge in [-0.05, 0) is 32.0 Å². The van der Waals surface area contributed by atoms with Crippen molar-refractivity contribution in [2.24, 2.45) is 11.8 Å². The van der Waals surface area contributed by atoms with E-state index in [1.54, 1.807) is 0 Å². The maximum absolute atomic E-state index is 12.8. The summed E-state index contributed by atoms with van der Waals surface area (Å²) >= 11 is 0. The van der Waals surface area contributed by atoms with Crippen molar-refractivity contribution >= 4 is 16.7 Å². The predicted molar refractivity (Wildman–Crippen MR) is 79.9 cm³/mol. The van der Waals surface area contributed by atoms with E-state index in [9.17, 15) is 4.79 Å². The topological polar surface area (TPSA) is 36.1 Å². The summed E-state index contributed by atoms with van der Waals surface area (Å²) in [4.78, 5) is 18.6. The van der Waals surface area contributed by atoms with Crippen LogP contribution in [0.4, 0.5) is 0 Å². The Hall–Kier alpha value is -1.61. The molecule has 2 heterocycles. The van der Waals surface area contributed by atoms with E-state index in [4.69, 9.17) is 0 Å². The summed E-state index contributed by atoms with van der Waals surface area (Å²) in [5, 5.41) is 1.23. The molecule has 1 fully saturated rings. The van der Waals surface area contributed by atoms with E-state index in [2.05, 4.69) is 42.1 Å². The number of aromatic nitrogens is 1. The van der Waals surface area contributed by atoms with Crippen LogP contribution in [0, 0.1) is 11.8 Å². The van der Waals surface area contributed by atoms with Gasteiger partial charge in [-0.1, -0.05) is 31.5 Å². The first kappa shape index (κ1) is 12.2. The molecule has 0 saturated carbocycles. The predicted octanol–water partition coefficient (Wildman–Crippen LogP) is 3.38. The second-order valence-corrected chi connectivity index (χ2v) is 6.22. The van der Waals surface area contributed by atoms with Crippen molar-refractivity contribution < 1.29 is 4.79 Å². The van der Waals surface area contributed by atoms with Gasteiger partial charge < -0.3 is 4.98 Å². The first-order chi connectivity index (χ1) is 9.72. The van der Waals surface area contributed by atoms with Crippen LogP contribution in [0.25, 0.3) is 10.9 Å². The molecule has 1 N–H and O–H groups in total. The van der Waals surface area contributed by atoms with Crippen LogP contribution in [0.5, 0.6) is 0 Å². The third-order valence-electron chi connectivity index (χ3n) is 5.29. The fourth-order valence-electron chi connectivity index (χ4n) is 4.36. The van der Waals surface area contributed by atoms with E-state index in [0.29, 0.717) is 17.7 Å². The summed E-state index contributed by atoms with van der Waals surface area (Å²) in [6, 6.07) is 8.71. The lowest BCUT2D eigenvalue weighted by molar-refractivity contribution is 0.0424. The minimum Gasteiger partial charge on any atom is -0.352 e. The van der Waals surface area contributed by atoms with Gasteiger partial charge in [0.1, 0.15) is 0 Å². The number of piperidine rings is 1. The zero-order valence-corrected chi connectivity index (χ0v) is 12.0. The molecular formula is C17H20N2O. The number of H-pyrrole nitrogens is 1. The smallest absolute Gasteiger partial charge is 0.182 e. The van der Waals surface area contributed by atoms with Gasteiger partial charge in [-0.25, -0.2) is 0 Å². The quantitative estimate of drug-likeness (QED) is 0.860. The van der Waals surface area contributed by atoms with Gasteiger partial charge >= 0.3 is 0 Å². The highest BCUT2D eigenvalue weighted by molar-refractivity contribution is 6.05. The molecule has 2 bridgehead atoms. The van der Waals surface area contributed by atoms with Gasteiger partial charge in [-0.15, -0.1) is 0 Å². The maximum Gasteiger partial charge on any atom is 0.182 e. The second kappa shape index (κ2) is 4.19. The van der Waals surface area contributed by atoms with Crippen LogP contribution in [0.2, 0.25) is 0 Å². The molecule has 3 heteroatoms. The number of hydrogen-bond acceptors (Lipinski definition) is 2. The Morgan fingerprint density at radius 1 is 1.35 bits per heavy atom. The maximum atomic E-state index is 12.8. The van der Waals surface area contributed by atoms with E-state index in [0.717, 1.165) is 30.6 Å². The molecule has 3 atom stereocenters. The number of hydrogen-bond donors (Lipinski definition) is 1. The number of nitrogens with one attached hydrogen (secondary N) is 1. The lowest BCUT2D eigenvalue weighted by Crippen LogP contribution is -2.47. The Bertz CT molecular complexity index is 687. The van der Waals surface area contributed by atoms with E-state index < -0.39 is 0 Å². The zero-order valence-electron chi connectivity index (χ0n) is 12.0. The summed E-state index contributed by atoms with van der Waals surface area (Å²) < 4.78 is 0. The number of aromatic amines is 1. The molecule has 20 heavy (non-hydrogen) atoms. The molecule has 0 unspecified atom stereocenters. The number of likely N-dealkylation sites (tertiary alicyclic amines) is 1. The van der Waals surface area contributed by atoms with Crippen molar-refractivity contribution in [1.82, 2.24) is 9.88 Å². The summed E-state index contributed by atoms with van der Waals surface area (Å²) in [5.41, 5.74) is 3.22. The molecule has 104 valence electrons. The molecule has 3 nitrogen and oxygen atoms in total. The fraction of sp³-hybridized carbons (Fsp3) is 0.471. The van der Waals surface area contributed by atoms with Crippen LogP contribution >= 0.6 is 0 Å². The summed E-state index contributed by atoms with van der Waals surface area (Å²) in [7, 11) is 2.20. The normalized spacial score (nSPS) is 29.7. The Kier molecular flexibility index (Phi) is 2.55. The molecule has 0 radical (unpaired) electrons. The van der Waals surface area contributed by atoms with Crippen LogP contribution in [0.3, 0.4) is 0 Å². The molecule has 1 aliphatic heterocycles. The van der Waals surface area contributed by atoms with Gasteiger partial charge in [-0.3, -0.25) is 9.69 Å². The number of nitrogens with zero attached hydrogens (tertiary/aromatic N) is 1. The van der Waals surface area contributed by atoms with Crippen LogP contribution in [0.1, 0.15) is 41.9 Å². The number of benzene rings is 1. The van der Waals surface area contributed by atoms with Crippen LogP contribution in [-0.4, -0.2) is 29.3 Å². The molecular weight excluding hydrogens is 248 g/mol.